The first-order chi connectivity index (χ1) is 15.3. The number of nitrogens with zero attached hydrogens (tertiary/aromatic N) is 5. The molecule has 8 nitrogen and oxygen atoms in total. The van der Waals surface area contributed by atoms with Crippen LogP contribution < -0.4 is 5.32 Å². The SMILES string of the molecule is CC(C)(C)OC(=O)N1C[C@H](Nc2cccc(-c3cnc4ccc(C5CC5)nn34)n2)[C@@H](F)C1. The van der Waals surface area contributed by atoms with Crippen LogP contribution in [0.15, 0.2) is 36.5 Å². The minimum Gasteiger partial charge on any atom is -0.444 e. The Kier molecular flexibility index (Phi) is 4.98. The van der Waals surface area contributed by atoms with Crippen LogP contribution in [0.2, 0.25) is 0 Å². The van der Waals surface area contributed by atoms with Gasteiger partial charge in [-0.3, -0.25) is 0 Å². The van der Waals surface area contributed by atoms with E-state index in [0.717, 1.165) is 17.0 Å². The first-order valence-corrected chi connectivity index (χ1v) is 11.0. The summed E-state index contributed by atoms with van der Waals surface area (Å²) in [6.07, 6.45) is 2.38. The lowest BCUT2D eigenvalue weighted by molar-refractivity contribution is 0.0283. The van der Waals surface area contributed by atoms with Crippen molar-refractivity contribution in [3.05, 3.63) is 42.2 Å². The molecule has 2 atom stereocenters. The average Bonchev–Trinajstić information content (AvgIpc) is 3.40. The van der Waals surface area contributed by atoms with Gasteiger partial charge in [0.15, 0.2) is 5.65 Å². The molecule has 1 N–H and O–H groups in total. The Morgan fingerprint density at radius 3 is 2.75 bits per heavy atom. The van der Waals surface area contributed by atoms with Gasteiger partial charge in [-0.05, 0) is 57.9 Å². The molecular formula is C23H27FN6O2. The number of likely N-dealkylation sites (tertiary alicyclic amines) is 1. The van der Waals surface area contributed by atoms with Gasteiger partial charge >= 0.3 is 6.09 Å². The minimum absolute atomic E-state index is 0.00655. The number of alkyl halides is 1. The zero-order valence-corrected chi connectivity index (χ0v) is 18.5. The predicted molar refractivity (Wildman–Crippen MR) is 118 cm³/mol. The zero-order valence-electron chi connectivity index (χ0n) is 18.5. The number of hydrogen-bond acceptors (Lipinski definition) is 6. The van der Waals surface area contributed by atoms with Gasteiger partial charge in [0.1, 0.15) is 23.3 Å². The second kappa shape index (κ2) is 7.72. The van der Waals surface area contributed by atoms with E-state index < -0.39 is 23.9 Å². The highest BCUT2D eigenvalue weighted by Crippen LogP contribution is 2.39. The average molecular weight is 439 g/mol. The van der Waals surface area contributed by atoms with Crippen molar-refractivity contribution < 1.29 is 13.9 Å². The smallest absolute Gasteiger partial charge is 0.410 e. The monoisotopic (exact) mass is 438 g/mol. The van der Waals surface area contributed by atoms with E-state index >= 15 is 0 Å². The van der Waals surface area contributed by atoms with Gasteiger partial charge in [-0.25, -0.2) is 23.7 Å². The van der Waals surface area contributed by atoms with E-state index in [1.54, 1.807) is 33.0 Å². The summed E-state index contributed by atoms with van der Waals surface area (Å²) in [7, 11) is 0. The number of pyridine rings is 1. The fourth-order valence-corrected chi connectivity index (χ4v) is 3.88. The Bertz CT molecular complexity index is 1150. The summed E-state index contributed by atoms with van der Waals surface area (Å²) in [5.74, 6) is 1.07. The zero-order chi connectivity index (χ0) is 22.5. The van der Waals surface area contributed by atoms with E-state index in [4.69, 9.17) is 9.84 Å². The van der Waals surface area contributed by atoms with E-state index in [2.05, 4.69) is 15.3 Å². The number of aromatic nitrogens is 4. The van der Waals surface area contributed by atoms with E-state index in [-0.39, 0.29) is 13.1 Å². The molecule has 5 rings (SSSR count). The van der Waals surface area contributed by atoms with Gasteiger partial charge in [0.25, 0.3) is 0 Å². The summed E-state index contributed by atoms with van der Waals surface area (Å²) in [6, 6.07) is 8.99. The van der Waals surface area contributed by atoms with Gasteiger partial charge in [-0.1, -0.05) is 6.07 Å². The summed E-state index contributed by atoms with van der Waals surface area (Å²) in [5.41, 5.74) is 2.69. The highest BCUT2D eigenvalue weighted by Gasteiger charge is 2.37. The Morgan fingerprint density at radius 1 is 1.19 bits per heavy atom. The van der Waals surface area contributed by atoms with Crippen LogP contribution in [0.5, 0.6) is 0 Å². The molecule has 2 aliphatic rings. The molecule has 1 aliphatic carbocycles. The second-order valence-electron chi connectivity index (χ2n) is 9.51. The normalized spacial score (nSPS) is 21.2. The lowest BCUT2D eigenvalue weighted by atomic mass is 10.2. The van der Waals surface area contributed by atoms with Crippen molar-refractivity contribution in [3.8, 4) is 11.4 Å². The van der Waals surface area contributed by atoms with Gasteiger partial charge in [0, 0.05) is 12.5 Å². The molecule has 2 fully saturated rings. The van der Waals surface area contributed by atoms with Crippen LogP contribution in [0.3, 0.4) is 0 Å². The largest absolute Gasteiger partial charge is 0.444 e. The summed E-state index contributed by atoms with van der Waals surface area (Å²) in [5, 5.41) is 7.90. The van der Waals surface area contributed by atoms with Crippen molar-refractivity contribution in [2.24, 2.45) is 0 Å². The number of amides is 1. The molecule has 9 heteroatoms. The van der Waals surface area contributed by atoms with E-state index in [9.17, 15) is 9.18 Å². The first-order valence-electron chi connectivity index (χ1n) is 11.0. The second-order valence-corrected chi connectivity index (χ2v) is 9.51. The maximum atomic E-state index is 14.7. The number of hydrogen-bond donors (Lipinski definition) is 1. The lowest BCUT2D eigenvalue weighted by Crippen LogP contribution is -2.36. The highest BCUT2D eigenvalue weighted by molar-refractivity contribution is 5.69. The Labute approximate surface area is 185 Å². The summed E-state index contributed by atoms with van der Waals surface area (Å²) in [4.78, 5) is 22.8. The lowest BCUT2D eigenvalue weighted by Gasteiger charge is -2.24. The van der Waals surface area contributed by atoms with Gasteiger partial charge in [0.05, 0.1) is 30.2 Å². The number of anilines is 1. The van der Waals surface area contributed by atoms with Gasteiger partial charge in [-0.2, -0.15) is 5.10 Å². The van der Waals surface area contributed by atoms with Gasteiger partial charge < -0.3 is 15.0 Å². The number of fused-ring (bicyclic) bond motifs is 1. The Hall–Kier alpha value is -3.23. The number of imidazole rings is 1. The van der Waals surface area contributed by atoms with Gasteiger partial charge in [-0.15, -0.1) is 0 Å². The third kappa shape index (κ3) is 4.24. The standard InChI is InChI=1S/C23H27FN6O2/c1-23(2,3)32-22(31)29-12-15(24)18(13-29)27-20-6-4-5-17(26-20)19-11-25-21-10-9-16(14-7-8-14)28-30(19)21/h4-6,9-11,14-15,18H,7-8,12-13H2,1-3H3,(H,26,27)/t15-,18-/m0/s1. The molecule has 0 radical (unpaired) electrons. The molecule has 3 aromatic heterocycles. The van der Waals surface area contributed by atoms with Crippen LogP contribution in [0.4, 0.5) is 15.0 Å². The van der Waals surface area contributed by atoms with Crippen LogP contribution in [0.1, 0.15) is 45.2 Å². The van der Waals surface area contributed by atoms with Crippen molar-refractivity contribution in [1.29, 1.82) is 0 Å². The third-order valence-electron chi connectivity index (χ3n) is 5.62. The highest BCUT2D eigenvalue weighted by atomic mass is 19.1. The van der Waals surface area contributed by atoms with E-state index in [0.29, 0.717) is 17.4 Å². The third-order valence-corrected chi connectivity index (χ3v) is 5.62. The number of ether oxygens (including phenoxy) is 1. The van der Waals surface area contributed by atoms with Gasteiger partial charge in [0.2, 0.25) is 0 Å². The number of rotatable bonds is 4. The van der Waals surface area contributed by atoms with Crippen molar-refractivity contribution in [3.63, 3.8) is 0 Å². The van der Waals surface area contributed by atoms with Crippen LogP contribution in [0, 0.1) is 0 Å². The van der Waals surface area contributed by atoms with Crippen molar-refractivity contribution in [2.45, 2.75) is 57.3 Å². The molecule has 1 aliphatic heterocycles. The molecule has 0 unspecified atom stereocenters. The van der Waals surface area contributed by atoms with Crippen molar-refractivity contribution in [1.82, 2.24) is 24.5 Å². The predicted octanol–water partition coefficient (Wildman–Crippen LogP) is 4.04. The molecule has 1 saturated carbocycles. The molecule has 0 bridgehead atoms. The summed E-state index contributed by atoms with van der Waals surface area (Å²) >= 11 is 0. The van der Waals surface area contributed by atoms with E-state index in [1.807, 2.05) is 28.8 Å². The Morgan fingerprint density at radius 2 is 2.00 bits per heavy atom. The van der Waals surface area contributed by atoms with Crippen LogP contribution >= 0.6 is 0 Å². The van der Waals surface area contributed by atoms with Crippen LogP contribution in [-0.4, -0.2) is 61.5 Å². The van der Waals surface area contributed by atoms with Crippen LogP contribution in [-0.2, 0) is 4.74 Å². The summed E-state index contributed by atoms with van der Waals surface area (Å²) < 4.78 is 21.8. The molecule has 3 aromatic rings. The molecule has 168 valence electrons. The van der Waals surface area contributed by atoms with Crippen LogP contribution in [0.25, 0.3) is 17.0 Å². The topological polar surface area (TPSA) is 84.6 Å². The maximum Gasteiger partial charge on any atom is 0.410 e. The van der Waals surface area contributed by atoms with E-state index in [1.165, 1.54) is 17.7 Å². The quantitative estimate of drug-likeness (QED) is 0.662. The summed E-state index contributed by atoms with van der Waals surface area (Å²) in [6.45, 7) is 5.59. The molecule has 32 heavy (non-hydrogen) atoms. The molecule has 1 amide bonds. The molecular weight excluding hydrogens is 411 g/mol. The maximum absolute atomic E-state index is 14.7. The molecule has 1 saturated heterocycles. The fraction of sp³-hybridized carbons (Fsp3) is 0.478. The molecule has 0 aromatic carbocycles. The number of nitrogens with one attached hydrogen (secondary N) is 1. The number of carbonyl (C=O) groups excluding carboxylic acids is 1. The number of halogens is 1. The Balaban J connectivity index is 1.33. The van der Waals surface area contributed by atoms with Crippen molar-refractivity contribution >= 4 is 17.6 Å². The number of carbonyl (C=O) groups is 1. The molecule has 0 spiro atoms. The first kappa shape index (κ1) is 20.7. The van der Waals surface area contributed by atoms with Crippen molar-refractivity contribution in [2.75, 3.05) is 18.4 Å². The fourth-order valence-electron chi connectivity index (χ4n) is 3.88. The molecule has 4 heterocycles. The minimum atomic E-state index is -1.22.